The largest absolute Gasteiger partial charge is 0.468 e. The quantitative estimate of drug-likeness (QED) is 0.112. The molecule has 2 aromatic rings. The van der Waals surface area contributed by atoms with Crippen molar-refractivity contribution in [2.75, 3.05) is 33.9 Å². The normalized spacial score (nSPS) is 10.8. The lowest BCUT2D eigenvalue weighted by atomic mass is 10.2. The molecule has 0 fully saturated rings. The lowest BCUT2D eigenvalue weighted by Gasteiger charge is -2.14. The van der Waals surface area contributed by atoms with Gasteiger partial charge in [-0.1, -0.05) is 36.4 Å². The minimum atomic E-state index is -0.437. The van der Waals surface area contributed by atoms with Gasteiger partial charge in [0.25, 0.3) is 11.8 Å². The number of hydrogen-bond donors (Lipinski definition) is 5. The van der Waals surface area contributed by atoms with Crippen molar-refractivity contribution in [3.63, 3.8) is 0 Å². The maximum atomic E-state index is 11.8. The fourth-order valence-electron chi connectivity index (χ4n) is 2.48. The van der Waals surface area contributed by atoms with Crippen molar-refractivity contribution in [2.24, 2.45) is 5.84 Å². The van der Waals surface area contributed by atoms with Gasteiger partial charge in [-0.25, -0.2) is 5.43 Å². The molecule has 0 radical (unpaired) electrons. The monoisotopic (exact) mass is 567 g/mol. The number of carbonyl (C=O) groups excluding carboxylic acids is 5. The summed E-state index contributed by atoms with van der Waals surface area (Å²) in [5, 5.41) is 8.28. The number of esters is 2. The first-order valence-corrected chi connectivity index (χ1v) is 11.6. The summed E-state index contributed by atoms with van der Waals surface area (Å²) in [6.07, 6.45) is 0.695. The van der Waals surface area contributed by atoms with Gasteiger partial charge in [0.2, 0.25) is 0 Å². The average molecular weight is 568 g/mol. The van der Waals surface area contributed by atoms with Gasteiger partial charge < -0.3 is 30.2 Å². The number of hydrogen-bond acceptors (Lipinski definition) is 10. The van der Waals surface area contributed by atoms with Gasteiger partial charge in [0.05, 0.1) is 26.8 Å². The molecule has 0 unspecified atom stereocenters. The number of nitrogens with two attached hydrogens (primary N) is 1. The van der Waals surface area contributed by atoms with Crippen LogP contribution in [-0.2, 0) is 23.9 Å². The molecule has 2 aromatic carbocycles. The van der Waals surface area contributed by atoms with Crippen molar-refractivity contribution >= 4 is 42.4 Å². The predicted molar refractivity (Wildman–Crippen MR) is 149 cm³/mol. The van der Waals surface area contributed by atoms with Crippen LogP contribution in [0.5, 0.6) is 0 Å². The molecule has 0 spiro atoms. The van der Waals surface area contributed by atoms with Crippen molar-refractivity contribution in [3.05, 3.63) is 71.8 Å². The average Bonchev–Trinajstić information content (AvgIpc) is 2.94. The van der Waals surface area contributed by atoms with Crippen LogP contribution in [0.15, 0.2) is 60.7 Å². The third kappa shape index (κ3) is 19.0. The van der Waals surface area contributed by atoms with E-state index >= 15 is 0 Å². The third-order valence-electron chi connectivity index (χ3n) is 4.43. The number of nitrogens with one attached hydrogen (secondary N) is 4. The molecule has 216 valence electrons. The highest BCUT2D eigenvalue weighted by Gasteiger charge is 2.09. The SMILES string of the molecule is COC(=O)CNC[C@@H](C)NC(=O)c1ccccc1.COC(=O)CNN.C[C@@H](C=O)NC(=O)c1ccccc1.Cl. The van der Waals surface area contributed by atoms with E-state index in [2.05, 4.69) is 30.8 Å². The fourth-order valence-corrected chi connectivity index (χ4v) is 2.48. The zero-order chi connectivity index (χ0) is 28.8. The molecule has 0 bridgehead atoms. The van der Waals surface area contributed by atoms with Crippen LogP contribution in [0.25, 0.3) is 0 Å². The summed E-state index contributed by atoms with van der Waals surface area (Å²) in [5.41, 5.74) is 3.33. The molecule has 0 aliphatic carbocycles. The van der Waals surface area contributed by atoms with Gasteiger partial charge in [-0.05, 0) is 38.1 Å². The molecular formula is C26H38ClN5O7. The number of amides is 2. The minimum Gasteiger partial charge on any atom is -0.468 e. The second kappa shape index (κ2) is 23.3. The van der Waals surface area contributed by atoms with Gasteiger partial charge in [0.15, 0.2) is 0 Å². The first kappa shape index (κ1) is 37.3. The maximum absolute atomic E-state index is 11.8. The molecule has 2 atom stereocenters. The highest BCUT2D eigenvalue weighted by atomic mass is 35.5. The Morgan fingerprint density at radius 3 is 1.62 bits per heavy atom. The zero-order valence-electron chi connectivity index (χ0n) is 22.5. The van der Waals surface area contributed by atoms with E-state index in [9.17, 15) is 24.0 Å². The molecule has 0 aliphatic rings. The lowest BCUT2D eigenvalue weighted by molar-refractivity contribution is -0.140. The van der Waals surface area contributed by atoms with Crippen LogP contribution >= 0.6 is 12.4 Å². The number of halogens is 1. The van der Waals surface area contributed by atoms with Crippen LogP contribution in [0.4, 0.5) is 0 Å². The lowest BCUT2D eigenvalue weighted by Crippen LogP contribution is -2.41. The van der Waals surface area contributed by atoms with Crippen molar-refractivity contribution in [1.29, 1.82) is 0 Å². The summed E-state index contributed by atoms with van der Waals surface area (Å²) in [6, 6.07) is 17.3. The first-order valence-electron chi connectivity index (χ1n) is 11.6. The summed E-state index contributed by atoms with van der Waals surface area (Å²) < 4.78 is 8.70. The Bertz CT molecular complexity index is 981. The summed E-state index contributed by atoms with van der Waals surface area (Å²) in [4.78, 5) is 54.3. The van der Waals surface area contributed by atoms with Crippen LogP contribution < -0.4 is 27.2 Å². The van der Waals surface area contributed by atoms with Gasteiger partial charge in [0, 0.05) is 23.7 Å². The Labute approximate surface area is 234 Å². The number of methoxy groups -OCH3 is 2. The Kier molecular flexibility index (Phi) is 22.3. The second-order valence-corrected chi connectivity index (χ2v) is 7.67. The van der Waals surface area contributed by atoms with Crippen LogP contribution in [-0.4, -0.2) is 76.0 Å². The smallest absolute Gasteiger partial charge is 0.321 e. The summed E-state index contributed by atoms with van der Waals surface area (Å²) >= 11 is 0. The standard InChI is InChI=1S/C13H18N2O3.C10H11NO2.C3H8N2O2.ClH/c1-10(8-14-9-12(16)18-2)15-13(17)11-6-4-3-5-7-11;1-8(7-12)11-10(13)9-5-3-2-4-6-9;1-7-3(6)2-5-4;/h3-7,10,14H,8-9H2,1-2H3,(H,15,17);2-8H,1H3,(H,11,13);5H,2,4H2,1H3;1H/t10-;8-;;/m10../s1. The van der Waals surface area contributed by atoms with E-state index < -0.39 is 6.04 Å². The van der Waals surface area contributed by atoms with Crippen LogP contribution in [0.3, 0.4) is 0 Å². The van der Waals surface area contributed by atoms with Gasteiger partial charge in [0.1, 0.15) is 12.8 Å². The molecule has 39 heavy (non-hydrogen) atoms. The Hall–Kier alpha value is -3.84. The summed E-state index contributed by atoms with van der Waals surface area (Å²) in [7, 11) is 2.64. The van der Waals surface area contributed by atoms with E-state index in [0.29, 0.717) is 24.0 Å². The van der Waals surface area contributed by atoms with Crippen molar-refractivity contribution in [1.82, 2.24) is 21.4 Å². The zero-order valence-corrected chi connectivity index (χ0v) is 23.3. The molecule has 2 amide bonds. The second-order valence-electron chi connectivity index (χ2n) is 7.67. The summed E-state index contributed by atoms with van der Waals surface area (Å²) in [6.45, 7) is 4.21. The van der Waals surface area contributed by atoms with Crippen LogP contribution in [0.2, 0.25) is 0 Å². The molecule has 0 saturated heterocycles. The molecule has 0 aliphatic heterocycles. The highest BCUT2D eigenvalue weighted by Crippen LogP contribution is 1.99. The van der Waals surface area contributed by atoms with Crippen molar-refractivity contribution < 1.29 is 33.4 Å². The van der Waals surface area contributed by atoms with Gasteiger partial charge in [-0.3, -0.25) is 25.0 Å². The first-order chi connectivity index (χ1) is 18.2. The molecule has 0 aromatic heterocycles. The van der Waals surface area contributed by atoms with Gasteiger partial charge in [-0.2, -0.15) is 0 Å². The molecule has 6 N–H and O–H groups in total. The molecule has 0 saturated carbocycles. The van der Waals surface area contributed by atoms with E-state index in [1.807, 2.05) is 31.2 Å². The van der Waals surface area contributed by atoms with E-state index in [1.165, 1.54) is 14.2 Å². The van der Waals surface area contributed by atoms with E-state index in [-0.39, 0.29) is 55.3 Å². The molecule has 12 nitrogen and oxygen atoms in total. The van der Waals surface area contributed by atoms with Crippen molar-refractivity contribution in [2.45, 2.75) is 25.9 Å². The molecular weight excluding hydrogens is 530 g/mol. The fraction of sp³-hybridized carbons (Fsp3) is 0.346. The Balaban J connectivity index is 0. The number of ether oxygens (including phenoxy) is 2. The number of rotatable bonds is 11. The summed E-state index contributed by atoms with van der Waals surface area (Å²) in [5.74, 6) is 3.73. The van der Waals surface area contributed by atoms with Crippen LogP contribution in [0, 0.1) is 0 Å². The van der Waals surface area contributed by atoms with Crippen LogP contribution in [0.1, 0.15) is 34.6 Å². The highest BCUT2D eigenvalue weighted by molar-refractivity contribution is 5.95. The number of hydrazine groups is 1. The third-order valence-corrected chi connectivity index (χ3v) is 4.43. The Morgan fingerprint density at radius 1 is 0.795 bits per heavy atom. The Morgan fingerprint density at radius 2 is 1.23 bits per heavy atom. The molecule has 2 rings (SSSR count). The number of aldehydes is 1. The minimum absolute atomic E-state index is 0. The van der Waals surface area contributed by atoms with E-state index in [4.69, 9.17) is 5.84 Å². The number of benzene rings is 2. The predicted octanol–water partition coefficient (Wildman–Crippen LogP) is 0.616. The maximum Gasteiger partial charge on any atom is 0.321 e. The van der Waals surface area contributed by atoms with Gasteiger partial charge in [-0.15, -0.1) is 12.4 Å². The van der Waals surface area contributed by atoms with Crippen molar-refractivity contribution in [3.8, 4) is 0 Å². The molecule has 13 heteroatoms. The van der Waals surface area contributed by atoms with Gasteiger partial charge >= 0.3 is 11.9 Å². The topological polar surface area (TPSA) is 178 Å². The molecule has 0 heterocycles. The van der Waals surface area contributed by atoms with E-state index in [0.717, 1.165) is 0 Å². The van der Waals surface area contributed by atoms with E-state index in [1.54, 1.807) is 43.3 Å². The number of carbonyl (C=O) groups is 5.